The summed E-state index contributed by atoms with van der Waals surface area (Å²) in [6, 6.07) is 6.70. The number of carbonyl (C=O) groups is 1. The molecule has 0 aliphatic rings. The summed E-state index contributed by atoms with van der Waals surface area (Å²) < 4.78 is 1.64. The summed E-state index contributed by atoms with van der Waals surface area (Å²) in [6.07, 6.45) is 6.19. The molecule has 2 aromatic heterocycles. The molecule has 0 radical (unpaired) electrons. The number of anilines is 2. The van der Waals surface area contributed by atoms with Gasteiger partial charge in [-0.3, -0.25) is 20.2 Å². The smallest absolute Gasteiger partial charge is 0.271 e. The van der Waals surface area contributed by atoms with Crippen LogP contribution in [0.2, 0.25) is 5.02 Å². The summed E-state index contributed by atoms with van der Waals surface area (Å²) in [5.41, 5.74) is 11.8. The molecule has 23 heavy (non-hydrogen) atoms. The summed E-state index contributed by atoms with van der Waals surface area (Å²) >= 11 is 5.98. The molecule has 9 heteroatoms. The van der Waals surface area contributed by atoms with Crippen molar-refractivity contribution in [1.82, 2.24) is 24.9 Å². The third-order valence-corrected chi connectivity index (χ3v) is 3.35. The van der Waals surface area contributed by atoms with E-state index >= 15 is 0 Å². The van der Waals surface area contributed by atoms with Crippen LogP contribution in [0.1, 0.15) is 10.4 Å². The quantitative estimate of drug-likeness (QED) is 0.628. The fourth-order valence-corrected chi connectivity index (χ4v) is 2.13. The van der Waals surface area contributed by atoms with Crippen LogP contribution >= 0.6 is 11.6 Å². The molecule has 1 aromatic carbocycles. The first-order chi connectivity index (χ1) is 11.2. The molecule has 2 heterocycles. The molecule has 8 nitrogen and oxygen atoms in total. The van der Waals surface area contributed by atoms with Crippen molar-refractivity contribution < 1.29 is 4.79 Å². The Kier molecular flexibility index (Phi) is 4.07. The Labute approximate surface area is 136 Å². The normalized spacial score (nSPS) is 10.3. The highest BCUT2D eigenvalue weighted by molar-refractivity contribution is 6.33. The molecule has 0 saturated heterocycles. The second-order valence-corrected chi connectivity index (χ2v) is 4.90. The first-order valence-electron chi connectivity index (χ1n) is 6.56. The molecular weight excluding hydrogens is 318 g/mol. The van der Waals surface area contributed by atoms with Crippen molar-refractivity contribution in [2.45, 2.75) is 0 Å². The minimum Gasteiger partial charge on any atom is -0.393 e. The number of benzene rings is 1. The van der Waals surface area contributed by atoms with Crippen LogP contribution in [-0.2, 0) is 0 Å². The number of nitrogens with one attached hydrogen (secondary N) is 2. The lowest BCUT2D eigenvalue weighted by Gasteiger charge is -2.12. The van der Waals surface area contributed by atoms with Crippen LogP contribution in [0.5, 0.6) is 0 Å². The summed E-state index contributed by atoms with van der Waals surface area (Å²) in [5, 5.41) is 0.349. The molecule has 0 aliphatic carbocycles. The van der Waals surface area contributed by atoms with Crippen molar-refractivity contribution in [3.63, 3.8) is 0 Å². The Hall–Kier alpha value is -3.13. The van der Waals surface area contributed by atoms with Crippen molar-refractivity contribution in [2.24, 2.45) is 0 Å². The van der Waals surface area contributed by atoms with Crippen LogP contribution in [0.15, 0.2) is 49.3 Å². The van der Waals surface area contributed by atoms with E-state index in [0.717, 1.165) is 0 Å². The van der Waals surface area contributed by atoms with Crippen LogP contribution in [0.4, 0.5) is 11.5 Å². The fourth-order valence-electron chi connectivity index (χ4n) is 1.90. The number of rotatable bonds is 4. The average molecular weight is 330 g/mol. The fraction of sp³-hybridized carbons (Fsp3) is 0. The molecule has 3 rings (SSSR count). The summed E-state index contributed by atoms with van der Waals surface area (Å²) in [6.45, 7) is 0. The lowest BCUT2D eigenvalue weighted by molar-refractivity contribution is 0.0962. The van der Waals surface area contributed by atoms with Gasteiger partial charge in [-0.25, -0.2) is 15.0 Å². The maximum atomic E-state index is 12.1. The highest BCUT2D eigenvalue weighted by Gasteiger charge is 2.12. The number of hydrogen-bond acceptors (Lipinski definition) is 6. The van der Waals surface area contributed by atoms with Gasteiger partial charge < -0.3 is 5.73 Å². The molecule has 0 spiro atoms. The van der Waals surface area contributed by atoms with Crippen molar-refractivity contribution in [3.8, 4) is 5.82 Å². The summed E-state index contributed by atoms with van der Waals surface area (Å²) in [5.74, 6) is 0.314. The Morgan fingerprint density at radius 2 is 2.09 bits per heavy atom. The first-order valence-corrected chi connectivity index (χ1v) is 6.94. The Morgan fingerprint density at radius 1 is 1.26 bits per heavy atom. The van der Waals surface area contributed by atoms with E-state index < -0.39 is 5.91 Å². The van der Waals surface area contributed by atoms with Crippen molar-refractivity contribution in [2.75, 3.05) is 11.2 Å². The SMILES string of the molecule is Nc1c(NNC(=O)c2ccccc2Cl)ncnc1-n1ccnc1. The second kappa shape index (κ2) is 6.32. The predicted octanol–water partition coefficient (Wildman–Crippen LogP) is 1.65. The molecule has 116 valence electrons. The van der Waals surface area contributed by atoms with E-state index in [9.17, 15) is 4.79 Å². The van der Waals surface area contributed by atoms with Crippen LogP contribution < -0.4 is 16.6 Å². The van der Waals surface area contributed by atoms with Crippen molar-refractivity contribution >= 4 is 29.0 Å². The van der Waals surface area contributed by atoms with E-state index in [2.05, 4.69) is 25.8 Å². The number of halogens is 1. The predicted molar refractivity (Wildman–Crippen MR) is 86.1 cm³/mol. The number of hydrogen-bond donors (Lipinski definition) is 3. The van der Waals surface area contributed by atoms with Gasteiger partial charge in [-0.15, -0.1) is 0 Å². The molecule has 0 atom stereocenters. The van der Waals surface area contributed by atoms with Crippen LogP contribution in [0, 0.1) is 0 Å². The van der Waals surface area contributed by atoms with E-state index in [1.807, 2.05) is 0 Å². The second-order valence-electron chi connectivity index (χ2n) is 4.49. The number of hydrazine groups is 1. The lowest BCUT2D eigenvalue weighted by Crippen LogP contribution is -2.30. The van der Waals surface area contributed by atoms with Gasteiger partial charge in [-0.1, -0.05) is 23.7 Å². The molecule has 0 fully saturated rings. The van der Waals surface area contributed by atoms with Gasteiger partial charge in [0, 0.05) is 12.4 Å². The van der Waals surface area contributed by atoms with Crippen molar-refractivity contribution in [1.29, 1.82) is 0 Å². The zero-order valence-electron chi connectivity index (χ0n) is 11.8. The number of nitrogens with two attached hydrogens (primary N) is 1. The molecule has 0 saturated carbocycles. The van der Waals surface area contributed by atoms with E-state index in [-0.39, 0.29) is 11.5 Å². The number of nitrogens with zero attached hydrogens (tertiary/aromatic N) is 4. The van der Waals surface area contributed by atoms with Gasteiger partial charge in [0.2, 0.25) is 0 Å². The maximum absolute atomic E-state index is 12.1. The zero-order chi connectivity index (χ0) is 16.2. The summed E-state index contributed by atoms with van der Waals surface area (Å²) in [7, 11) is 0. The summed E-state index contributed by atoms with van der Waals surface area (Å²) in [4.78, 5) is 24.1. The van der Waals surface area contributed by atoms with Gasteiger partial charge in [0.1, 0.15) is 18.3 Å². The van der Waals surface area contributed by atoms with E-state index in [4.69, 9.17) is 17.3 Å². The van der Waals surface area contributed by atoms with Crippen LogP contribution in [-0.4, -0.2) is 25.4 Å². The molecule has 3 aromatic rings. The number of nitrogen functional groups attached to an aromatic ring is 1. The third kappa shape index (κ3) is 3.06. The van der Waals surface area contributed by atoms with Gasteiger partial charge in [-0.05, 0) is 12.1 Å². The van der Waals surface area contributed by atoms with Gasteiger partial charge in [0.15, 0.2) is 11.6 Å². The number of carbonyl (C=O) groups excluding carboxylic acids is 1. The number of amides is 1. The highest BCUT2D eigenvalue weighted by atomic mass is 35.5. The van der Waals surface area contributed by atoms with E-state index in [0.29, 0.717) is 16.4 Å². The van der Waals surface area contributed by atoms with Gasteiger partial charge in [-0.2, -0.15) is 0 Å². The molecular formula is C14H12ClN7O. The molecule has 0 aliphatic heterocycles. The first kappa shape index (κ1) is 14.8. The molecule has 4 N–H and O–H groups in total. The average Bonchev–Trinajstić information content (AvgIpc) is 3.08. The van der Waals surface area contributed by atoms with Crippen LogP contribution in [0.3, 0.4) is 0 Å². The lowest BCUT2D eigenvalue weighted by atomic mass is 10.2. The monoisotopic (exact) mass is 329 g/mol. The highest BCUT2D eigenvalue weighted by Crippen LogP contribution is 2.20. The standard InChI is InChI=1S/C14H12ClN7O/c15-10-4-2-1-3-9(10)14(23)21-20-12-11(16)13(19-7-18-12)22-6-5-17-8-22/h1-8H,16H2,(H,21,23)(H,18,19,20). The topological polar surface area (TPSA) is 111 Å². The molecule has 0 bridgehead atoms. The number of aromatic nitrogens is 4. The minimum absolute atomic E-state index is 0.268. The largest absolute Gasteiger partial charge is 0.393 e. The Balaban J connectivity index is 1.78. The molecule has 0 unspecified atom stereocenters. The number of imidazole rings is 1. The van der Waals surface area contributed by atoms with E-state index in [1.54, 1.807) is 47.6 Å². The van der Waals surface area contributed by atoms with Crippen LogP contribution in [0.25, 0.3) is 5.82 Å². The van der Waals surface area contributed by atoms with Gasteiger partial charge in [0.05, 0.1) is 10.6 Å². The van der Waals surface area contributed by atoms with Gasteiger partial charge >= 0.3 is 0 Å². The third-order valence-electron chi connectivity index (χ3n) is 3.02. The van der Waals surface area contributed by atoms with Crippen molar-refractivity contribution in [3.05, 3.63) is 59.9 Å². The Bertz CT molecular complexity index is 835. The molecule has 1 amide bonds. The maximum Gasteiger partial charge on any atom is 0.271 e. The Morgan fingerprint density at radius 3 is 2.83 bits per heavy atom. The minimum atomic E-state index is -0.405. The van der Waals surface area contributed by atoms with E-state index in [1.165, 1.54) is 6.33 Å². The zero-order valence-corrected chi connectivity index (χ0v) is 12.5. The van der Waals surface area contributed by atoms with Gasteiger partial charge in [0.25, 0.3) is 5.91 Å².